The molecule has 0 aliphatic carbocycles. The molecule has 174 valence electrons. The Kier molecular flexibility index (Phi) is 5.95. The van der Waals surface area contributed by atoms with E-state index in [1.807, 2.05) is 11.0 Å². The van der Waals surface area contributed by atoms with Gasteiger partial charge < -0.3 is 9.64 Å². The molecule has 2 aromatic heterocycles. The molecule has 11 nitrogen and oxygen atoms in total. The van der Waals surface area contributed by atoms with Crippen LogP contribution < -0.4 is 0 Å². The van der Waals surface area contributed by atoms with Crippen LogP contribution in [0.5, 0.6) is 0 Å². The summed E-state index contributed by atoms with van der Waals surface area (Å²) in [5.41, 5.74) is 2.23. The first-order valence-electron chi connectivity index (χ1n) is 10.9. The Morgan fingerprint density at radius 1 is 1.26 bits per heavy atom. The Hall–Kier alpha value is -3.82. The number of aromatic nitrogens is 6. The Balaban J connectivity index is 1.19. The second-order valence-corrected chi connectivity index (χ2v) is 8.38. The molecule has 1 amide bonds. The minimum Gasteiger partial charge on any atom is -0.370 e. The lowest BCUT2D eigenvalue weighted by Gasteiger charge is -2.46. The number of tetrazole rings is 1. The van der Waals surface area contributed by atoms with Gasteiger partial charge in [-0.15, -0.1) is 5.10 Å². The first-order valence-corrected chi connectivity index (χ1v) is 10.9. The quantitative estimate of drug-likeness (QED) is 0.547. The van der Waals surface area contributed by atoms with Crippen molar-refractivity contribution in [3.63, 3.8) is 0 Å². The summed E-state index contributed by atoms with van der Waals surface area (Å²) in [5, 5.41) is 20.1. The minimum atomic E-state index is -0.514. The fourth-order valence-corrected chi connectivity index (χ4v) is 4.48. The molecule has 2 atom stereocenters. The van der Waals surface area contributed by atoms with E-state index in [2.05, 4.69) is 30.4 Å². The predicted octanol–water partition coefficient (Wildman–Crippen LogP) is 0.598. The largest absolute Gasteiger partial charge is 0.370 e. The van der Waals surface area contributed by atoms with E-state index >= 15 is 0 Å². The van der Waals surface area contributed by atoms with E-state index in [9.17, 15) is 14.4 Å². The molecule has 0 saturated carbocycles. The van der Waals surface area contributed by atoms with Crippen LogP contribution in [-0.4, -0.2) is 84.7 Å². The monoisotopic (exact) mass is 463 g/mol. The molecule has 0 spiro atoms. The zero-order valence-electron chi connectivity index (χ0n) is 18.5. The van der Waals surface area contributed by atoms with Crippen molar-refractivity contribution in [3.8, 4) is 12.0 Å². The number of rotatable bonds is 4. The van der Waals surface area contributed by atoms with E-state index in [0.29, 0.717) is 43.3 Å². The van der Waals surface area contributed by atoms with Gasteiger partial charge in [-0.05, 0) is 40.1 Å². The zero-order valence-corrected chi connectivity index (χ0v) is 18.5. The fraction of sp³-hybridized carbons (Fsp3) is 0.409. The SMILES string of the molecule is Cc1c([C@H]2CN3CCN(C(=O)Cc4cnc(-n5cnnn5)nc4)C[C@@H]3CO2)ccc(F)c1C#N. The van der Waals surface area contributed by atoms with Gasteiger partial charge in [0.1, 0.15) is 18.2 Å². The van der Waals surface area contributed by atoms with Gasteiger partial charge in [0, 0.05) is 38.6 Å². The van der Waals surface area contributed by atoms with E-state index in [1.165, 1.54) is 17.1 Å². The molecule has 2 aliphatic heterocycles. The lowest BCUT2D eigenvalue weighted by molar-refractivity contribution is -0.139. The smallest absolute Gasteiger partial charge is 0.253 e. The molecule has 1 aromatic carbocycles. The van der Waals surface area contributed by atoms with Gasteiger partial charge >= 0.3 is 0 Å². The molecule has 0 N–H and O–H groups in total. The molecule has 3 aromatic rings. The normalized spacial score (nSPS) is 20.6. The number of morpholine rings is 1. The maximum atomic E-state index is 13.9. The van der Waals surface area contributed by atoms with Crippen LogP contribution in [0.2, 0.25) is 0 Å². The van der Waals surface area contributed by atoms with Crippen LogP contribution in [0.25, 0.3) is 5.95 Å². The van der Waals surface area contributed by atoms with E-state index < -0.39 is 5.82 Å². The topological polar surface area (TPSA) is 126 Å². The highest BCUT2D eigenvalue weighted by Crippen LogP contribution is 2.31. The Morgan fingerprint density at radius 2 is 2.09 bits per heavy atom. The van der Waals surface area contributed by atoms with Gasteiger partial charge in [-0.3, -0.25) is 9.69 Å². The lowest BCUT2D eigenvalue weighted by Crippen LogP contribution is -2.59. The maximum Gasteiger partial charge on any atom is 0.253 e. The lowest BCUT2D eigenvalue weighted by atomic mass is 9.96. The number of nitriles is 1. The first-order chi connectivity index (χ1) is 16.5. The van der Waals surface area contributed by atoms with Crippen LogP contribution >= 0.6 is 0 Å². The number of ether oxygens (including phenoxy) is 1. The number of amides is 1. The van der Waals surface area contributed by atoms with E-state index in [-0.39, 0.29) is 30.0 Å². The van der Waals surface area contributed by atoms with Gasteiger partial charge in [0.2, 0.25) is 5.91 Å². The summed E-state index contributed by atoms with van der Waals surface area (Å²) in [5.74, 6) is -0.171. The van der Waals surface area contributed by atoms with Gasteiger partial charge in [-0.2, -0.15) is 9.94 Å². The molecule has 5 rings (SSSR count). The molecule has 4 heterocycles. The van der Waals surface area contributed by atoms with Crippen LogP contribution in [0.1, 0.15) is 28.4 Å². The number of hydrogen-bond acceptors (Lipinski definition) is 9. The highest BCUT2D eigenvalue weighted by molar-refractivity contribution is 5.78. The number of fused-ring (bicyclic) bond motifs is 1. The molecule has 0 radical (unpaired) electrons. The van der Waals surface area contributed by atoms with Gasteiger partial charge in [-0.1, -0.05) is 6.07 Å². The highest BCUT2D eigenvalue weighted by atomic mass is 19.1. The van der Waals surface area contributed by atoms with Crippen molar-refractivity contribution in [2.24, 2.45) is 0 Å². The second kappa shape index (κ2) is 9.20. The Labute approximate surface area is 194 Å². The number of carbonyl (C=O) groups is 1. The van der Waals surface area contributed by atoms with Crippen molar-refractivity contribution in [2.45, 2.75) is 25.5 Å². The molecule has 2 aliphatic rings. The average molecular weight is 463 g/mol. The van der Waals surface area contributed by atoms with Gasteiger partial charge in [-0.25, -0.2) is 14.4 Å². The number of halogens is 1. The highest BCUT2D eigenvalue weighted by Gasteiger charge is 2.36. The third kappa shape index (κ3) is 4.23. The van der Waals surface area contributed by atoms with Gasteiger partial charge in [0.25, 0.3) is 5.95 Å². The van der Waals surface area contributed by atoms with Crippen LogP contribution in [0.15, 0.2) is 30.9 Å². The van der Waals surface area contributed by atoms with Gasteiger partial charge in [0.05, 0.1) is 30.7 Å². The standard InChI is InChI=1S/C22H22FN9O2/c1-14-17(2-3-19(23)18(14)7-24)20-11-30-4-5-31(10-16(30)12-34-20)21(33)6-15-8-25-22(26-9-15)32-13-27-28-29-32/h2-3,8-9,13,16,20H,4-6,10-12H2,1H3/t16-,20-/m1/s1. The van der Waals surface area contributed by atoms with E-state index in [0.717, 1.165) is 12.1 Å². The van der Waals surface area contributed by atoms with Crippen LogP contribution in [0, 0.1) is 24.1 Å². The number of hydrogen-bond donors (Lipinski definition) is 0. The third-order valence-corrected chi connectivity index (χ3v) is 6.36. The molecule has 34 heavy (non-hydrogen) atoms. The van der Waals surface area contributed by atoms with Crippen molar-refractivity contribution in [1.29, 1.82) is 5.26 Å². The second-order valence-electron chi connectivity index (χ2n) is 8.38. The molecule has 2 fully saturated rings. The van der Waals surface area contributed by atoms with Crippen LogP contribution in [0.3, 0.4) is 0 Å². The van der Waals surface area contributed by atoms with Crippen molar-refractivity contribution in [2.75, 3.05) is 32.8 Å². The van der Waals surface area contributed by atoms with Crippen LogP contribution in [-0.2, 0) is 16.0 Å². The zero-order chi connectivity index (χ0) is 23.7. The Bertz CT molecular complexity index is 1230. The Morgan fingerprint density at radius 3 is 2.82 bits per heavy atom. The summed E-state index contributed by atoms with van der Waals surface area (Å²) in [6.07, 6.45) is 4.58. The van der Waals surface area contributed by atoms with Crippen molar-refractivity contribution in [1.82, 2.24) is 40.0 Å². The van der Waals surface area contributed by atoms with E-state index in [1.54, 1.807) is 25.4 Å². The molecule has 0 bridgehead atoms. The summed E-state index contributed by atoms with van der Waals surface area (Å²) < 4.78 is 21.3. The molecular weight excluding hydrogens is 441 g/mol. The van der Waals surface area contributed by atoms with Crippen LogP contribution in [0.4, 0.5) is 4.39 Å². The maximum absolute atomic E-state index is 13.9. The number of nitrogens with zero attached hydrogens (tertiary/aromatic N) is 9. The molecule has 2 saturated heterocycles. The summed E-state index contributed by atoms with van der Waals surface area (Å²) in [4.78, 5) is 25.5. The van der Waals surface area contributed by atoms with Crippen molar-refractivity contribution >= 4 is 5.91 Å². The number of piperazine rings is 1. The minimum absolute atomic E-state index is 0.00795. The predicted molar refractivity (Wildman–Crippen MR) is 115 cm³/mol. The summed E-state index contributed by atoms with van der Waals surface area (Å²) in [6, 6.07) is 5.05. The molecule has 0 unspecified atom stereocenters. The van der Waals surface area contributed by atoms with Gasteiger partial charge in [0.15, 0.2) is 0 Å². The van der Waals surface area contributed by atoms with Crippen molar-refractivity contribution < 1.29 is 13.9 Å². The number of benzene rings is 1. The first kappa shape index (κ1) is 22.0. The summed E-state index contributed by atoms with van der Waals surface area (Å²) in [6.45, 7) is 4.74. The summed E-state index contributed by atoms with van der Waals surface area (Å²) in [7, 11) is 0. The fourth-order valence-electron chi connectivity index (χ4n) is 4.48. The third-order valence-electron chi connectivity index (χ3n) is 6.36. The summed E-state index contributed by atoms with van der Waals surface area (Å²) >= 11 is 0. The molecular formula is C22H22FN9O2. The average Bonchev–Trinajstić information content (AvgIpc) is 3.39. The van der Waals surface area contributed by atoms with Crippen molar-refractivity contribution in [3.05, 3.63) is 58.9 Å². The van der Waals surface area contributed by atoms with E-state index in [4.69, 9.17) is 4.74 Å². The molecule has 12 heteroatoms. The number of carbonyl (C=O) groups excluding carboxylic acids is 1.